The number of aromatic nitrogens is 1. The SMILES string of the molecule is NCCC(=O)N1CCN(c2ccccn2)CC1. The molecule has 2 heterocycles. The molecule has 0 atom stereocenters. The van der Waals surface area contributed by atoms with E-state index in [9.17, 15) is 4.79 Å². The predicted molar refractivity (Wildman–Crippen MR) is 66.7 cm³/mol. The average Bonchev–Trinajstić information content (AvgIpc) is 2.40. The Morgan fingerprint density at radius 1 is 1.29 bits per heavy atom. The molecule has 2 N–H and O–H groups in total. The number of piperazine rings is 1. The Kier molecular flexibility index (Phi) is 3.93. The van der Waals surface area contributed by atoms with Crippen LogP contribution in [-0.2, 0) is 4.79 Å². The monoisotopic (exact) mass is 234 g/mol. The van der Waals surface area contributed by atoms with Gasteiger partial charge in [0.15, 0.2) is 0 Å². The fourth-order valence-electron chi connectivity index (χ4n) is 2.01. The van der Waals surface area contributed by atoms with E-state index in [1.165, 1.54) is 0 Å². The number of carbonyl (C=O) groups excluding carboxylic acids is 1. The number of pyridine rings is 1. The van der Waals surface area contributed by atoms with Gasteiger partial charge >= 0.3 is 0 Å². The van der Waals surface area contributed by atoms with Gasteiger partial charge < -0.3 is 15.5 Å². The Bertz CT molecular complexity index is 360. The van der Waals surface area contributed by atoms with E-state index in [0.29, 0.717) is 13.0 Å². The number of anilines is 1. The first-order chi connectivity index (χ1) is 8.31. The third-order valence-corrected chi connectivity index (χ3v) is 2.96. The van der Waals surface area contributed by atoms with E-state index in [4.69, 9.17) is 5.73 Å². The molecule has 0 aromatic carbocycles. The summed E-state index contributed by atoms with van der Waals surface area (Å²) in [7, 11) is 0. The highest BCUT2D eigenvalue weighted by Crippen LogP contribution is 2.12. The maximum atomic E-state index is 11.7. The second kappa shape index (κ2) is 5.63. The number of hydrogen-bond acceptors (Lipinski definition) is 4. The Labute approximate surface area is 101 Å². The van der Waals surface area contributed by atoms with Crippen LogP contribution in [0.1, 0.15) is 6.42 Å². The molecule has 1 saturated heterocycles. The van der Waals surface area contributed by atoms with Crippen LogP contribution >= 0.6 is 0 Å². The first-order valence-corrected chi connectivity index (χ1v) is 5.95. The molecule has 1 aromatic rings. The van der Waals surface area contributed by atoms with Crippen molar-refractivity contribution in [1.29, 1.82) is 0 Å². The molecular weight excluding hydrogens is 216 g/mol. The lowest BCUT2D eigenvalue weighted by Crippen LogP contribution is -2.49. The maximum Gasteiger partial charge on any atom is 0.223 e. The lowest BCUT2D eigenvalue weighted by atomic mass is 10.2. The van der Waals surface area contributed by atoms with E-state index in [-0.39, 0.29) is 5.91 Å². The van der Waals surface area contributed by atoms with Crippen LogP contribution in [0.5, 0.6) is 0 Å². The minimum absolute atomic E-state index is 0.160. The Morgan fingerprint density at radius 3 is 2.65 bits per heavy atom. The summed E-state index contributed by atoms with van der Waals surface area (Å²) >= 11 is 0. The van der Waals surface area contributed by atoms with E-state index in [1.807, 2.05) is 23.1 Å². The zero-order chi connectivity index (χ0) is 12.1. The molecule has 2 rings (SSSR count). The summed E-state index contributed by atoms with van der Waals surface area (Å²) in [5.74, 6) is 1.14. The molecule has 5 nitrogen and oxygen atoms in total. The fraction of sp³-hybridized carbons (Fsp3) is 0.500. The van der Waals surface area contributed by atoms with Crippen molar-refractivity contribution in [2.75, 3.05) is 37.6 Å². The first-order valence-electron chi connectivity index (χ1n) is 5.95. The lowest BCUT2D eigenvalue weighted by Gasteiger charge is -2.35. The molecule has 1 amide bonds. The summed E-state index contributed by atoms with van der Waals surface area (Å²) < 4.78 is 0. The summed E-state index contributed by atoms with van der Waals surface area (Å²) in [5.41, 5.74) is 5.39. The molecule has 0 saturated carbocycles. The van der Waals surface area contributed by atoms with Crippen molar-refractivity contribution in [3.8, 4) is 0 Å². The van der Waals surface area contributed by atoms with Gasteiger partial charge in [-0.25, -0.2) is 4.98 Å². The van der Waals surface area contributed by atoms with Crippen molar-refractivity contribution < 1.29 is 4.79 Å². The highest BCUT2D eigenvalue weighted by molar-refractivity contribution is 5.76. The smallest absolute Gasteiger partial charge is 0.223 e. The molecule has 1 aromatic heterocycles. The minimum atomic E-state index is 0.160. The van der Waals surface area contributed by atoms with Crippen molar-refractivity contribution in [2.24, 2.45) is 5.73 Å². The zero-order valence-electron chi connectivity index (χ0n) is 9.88. The van der Waals surface area contributed by atoms with Gasteiger partial charge in [-0.3, -0.25) is 4.79 Å². The van der Waals surface area contributed by atoms with Crippen molar-refractivity contribution in [1.82, 2.24) is 9.88 Å². The molecule has 0 radical (unpaired) electrons. The molecule has 0 spiro atoms. The van der Waals surface area contributed by atoms with Gasteiger partial charge in [0.05, 0.1) is 0 Å². The van der Waals surface area contributed by atoms with Gasteiger partial charge in [0, 0.05) is 45.3 Å². The summed E-state index contributed by atoms with van der Waals surface area (Å²) in [6, 6.07) is 5.89. The third-order valence-electron chi connectivity index (χ3n) is 2.96. The molecule has 5 heteroatoms. The molecule has 0 aliphatic carbocycles. The number of amides is 1. The van der Waals surface area contributed by atoms with Crippen molar-refractivity contribution in [3.05, 3.63) is 24.4 Å². The first kappa shape index (κ1) is 11.9. The zero-order valence-corrected chi connectivity index (χ0v) is 9.88. The minimum Gasteiger partial charge on any atom is -0.353 e. The molecule has 0 unspecified atom stereocenters. The molecule has 1 fully saturated rings. The summed E-state index contributed by atoms with van der Waals surface area (Å²) in [6.07, 6.45) is 2.24. The molecule has 1 aliphatic rings. The van der Waals surface area contributed by atoms with Crippen LogP contribution in [0.4, 0.5) is 5.82 Å². The number of hydrogen-bond donors (Lipinski definition) is 1. The quantitative estimate of drug-likeness (QED) is 0.804. The molecule has 0 bridgehead atoms. The largest absolute Gasteiger partial charge is 0.353 e. The van der Waals surface area contributed by atoms with Gasteiger partial charge in [0.25, 0.3) is 0 Å². The Hall–Kier alpha value is -1.62. The average molecular weight is 234 g/mol. The van der Waals surface area contributed by atoms with Crippen molar-refractivity contribution >= 4 is 11.7 Å². The third kappa shape index (κ3) is 2.94. The van der Waals surface area contributed by atoms with Gasteiger partial charge in [-0.1, -0.05) is 6.07 Å². The molecule has 1 aliphatic heterocycles. The second-order valence-electron chi connectivity index (χ2n) is 4.09. The van der Waals surface area contributed by atoms with Crippen LogP contribution in [0.3, 0.4) is 0 Å². The highest BCUT2D eigenvalue weighted by atomic mass is 16.2. The van der Waals surface area contributed by atoms with Crippen LogP contribution in [0.2, 0.25) is 0 Å². The van der Waals surface area contributed by atoms with Crippen molar-refractivity contribution in [2.45, 2.75) is 6.42 Å². The second-order valence-corrected chi connectivity index (χ2v) is 4.09. The molecule has 92 valence electrons. The molecular formula is C12H18N4O. The van der Waals surface area contributed by atoms with Gasteiger partial charge in [-0.2, -0.15) is 0 Å². The Morgan fingerprint density at radius 2 is 2.06 bits per heavy atom. The fourth-order valence-corrected chi connectivity index (χ4v) is 2.01. The van der Waals surface area contributed by atoms with Crippen LogP contribution in [0.15, 0.2) is 24.4 Å². The topological polar surface area (TPSA) is 62.5 Å². The van der Waals surface area contributed by atoms with E-state index in [1.54, 1.807) is 6.20 Å². The normalized spacial score (nSPS) is 16.1. The van der Waals surface area contributed by atoms with Gasteiger partial charge in [-0.05, 0) is 12.1 Å². The van der Waals surface area contributed by atoms with E-state index < -0.39 is 0 Å². The van der Waals surface area contributed by atoms with E-state index in [2.05, 4.69) is 9.88 Å². The Balaban J connectivity index is 1.88. The summed E-state index contributed by atoms with van der Waals surface area (Å²) in [4.78, 5) is 20.0. The van der Waals surface area contributed by atoms with Gasteiger partial charge in [0.1, 0.15) is 5.82 Å². The number of rotatable bonds is 3. The maximum absolute atomic E-state index is 11.7. The van der Waals surface area contributed by atoms with Gasteiger partial charge in [-0.15, -0.1) is 0 Å². The van der Waals surface area contributed by atoms with Crippen LogP contribution in [0.25, 0.3) is 0 Å². The number of carbonyl (C=O) groups is 1. The summed E-state index contributed by atoms with van der Waals surface area (Å²) in [6.45, 7) is 3.63. The van der Waals surface area contributed by atoms with Crippen LogP contribution in [0, 0.1) is 0 Å². The van der Waals surface area contributed by atoms with Gasteiger partial charge in [0.2, 0.25) is 5.91 Å². The predicted octanol–water partition coefficient (Wildman–Crippen LogP) is 0.0790. The standard InChI is InChI=1S/C12H18N4O/c13-5-4-12(17)16-9-7-15(8-10-16)11-3-1-2-6-14-11/h1-3,6H,4-5,7-10,13H2. The number of nitrogens with zero attached hydrogens (tertiary/aromatic N) is 3. The van der Waals surface area contributed by atoms with Crippen LogP contribution in [-0.4, -0.2) is 48.5 Å². The highest BCUT2D eigenvalue weighted by Gasteiger charge is 2.20. The van der Waals surface area contributed by atoms with E-state index in [0.717, 1.165) is 32.0 Å². The van der Waals surface area contributed by atoms with E-state index >= 15 is 0 Å². The molecule has 17 heavy (non-hydrogen) atoms. The lowest BCUT2D eigenvalue weighted by molar-refractivity contribution is -0.131. The van der Waals surface area contributed by atoms with Crippen LogP contribution < -0.4 is 10.6 Å². The van der Waals surface area contributed by atoms with Crippen molar-refractivity contribution in [3.63, 3.8) is 0 Å². The summed E-state index contributed by atoms with van der Waals surface area (Å²) in [5, 5.41) is 0. The number of nitrogens with two attached hydrogens (primary N) is 1.